The van der Waals surface area contributed by atoms with Gasteiger partial charge < -0.3 is 14.5 Å². The lowest BCUT2D eigenvalue weighted by Crippen LogP contribution is -2.52. The van der Waals surface area contributed by atoms with Gasteiger partial charge in [-0.3, -0.25) is 4.79 Å². The van der Waals surface area contributed by atoms with Gasteiger partial charge in [0.25, 0.3) is 0 Å². The molecule has 1 aliphatic heterocycles. The number of aryl methyl sites for hydroxylation is 3. The number of ether oxygens (including phenoxy) is 1. The molecule has 7 heteroatoms. The summed E-state index contributed by atoms with van der Waals surface area (Å²) in [5.41, 5.74) is 3.76. The standard InChI is InChI=1S/C23H28N4O2S/c1-14-6-8-18(9-7-14)27-11-10-26(13-15(27)2)22-21-16(3)17(4)30-23(21)25-19(24-22)12-20(28)29-5/h6-9,15H,10-13H2,1-5H3. The van der Waals surface area contributed by atoms with E-state index < -0.39 is 0 Å². The molecule has 4 rings (SSSR count). The number of rotatable bonds is 4. The number of esters is 1. The van der Waals surface area contributed by atoms with Gasteiger partial charge in [0.05, 0.1) is 12.5 Å². The summed E-state index contributed by atoms with van der Waals surface area (Å²) in [5, 5.41) is 1.11. The minimum atomic E-state index is -0.317. The van der Waals surface area contributed by atoms with Gasteiger partial charge in [0.15, 0.2) is 0 Å². The number of hydrogen-bond acceptors (Lipinski definition) is 7. The van der Waals surface area contributed by atoms with Gasteiger partial charge in [-0.25, -0.2) is 9.97 Å². The van der Waals surface area contributed by atoms with Crippen molar-refractivity contribution in [1.29, 1.82) is 0 Å². The number of nitrogens with zero attached hydrogens (tertiary/aromatic N) is 4. The molecule has 2 aromatic heterocycles. The third-order valence-electron chi connectivity index (χ3n) is 5.88. The molecular weight excluding hydrogens is 396 g/mol. The van der Waals surface area contributed by atoms with Crippen molar-refractivity contribution in [1.82, 2.24) is 9.97 Å². The van der Waals surface area contributed by atoms with E-state index >= 15 is 0 Å². The SMILES string of the molecule is COC(=O)Cc1nc(N2CCN(c3ccc(C)cc3)C(C)C2)c2c(C)c(C)sc2n1. The van der Waals surface area contributed by atoms with Gasteiger partial charge in [-0.1, -0.05) is 17.7 Å². The van der Waals surface area contributed by atoms with Crippen LogP contribution in [0, 0.1) is 20.8 Å². The molecule has 0 radical (unpaired) electrons. The molecule has 0 aliphatic carbocycles. The number of carbonyl (C=O) groups is 1. The molecule has 0 N–H and O–H groups in total. The zero-order chi connectivity index (χ0) is 21.4. The summed E-state index contributed by atoms with van der Waals surface area (Å²) in [7, 11) is 1.40. The van der Waals surface area contributed by atoms with Crippen LogP contribution < -0.4 is 9.80 Å². The highest BCUT2D eigenvalue weighted by Crippen LogP contribution is 2.36. The maximum absolute atomic E-state index is 11.8. The molecule has 3 heterocycles. The Hall–Kier alpha value is -2.67. The molecule has 0 amide bonds. The van der Waals surface area contributed by atoms with Crippen molar-refractivity contribution in [3.05, 3.63) is 46.1 Å². The van der Waals surface area contributed by atoms with Gasteiger partial charge in [-0.05, 0) is 45.4 Å². The molecule has 1 aromatic carbocycles. The summed E-state index contributed by atoms with van der Waals surface area (Å²) >= 11 is 1.66. The maximum atomic E-state index is 11.8. The van der Waals surface area contributed by atoms with Crippen LogP contribution in [-0.2, 0) is 16.0 Å². The number of hydrogen-bond donors (Lipinski definition) is 0. The Morgan fingerprint density at radius 3 is 2.57 bits per heavy atom. The van der Waals surface area contributed by atoms with Crippen molar-refractivity contribution in [3.63, 3.8) is 0 Å². The van der Waals surface area contributed by atoms with Gasteiger partial charge in [-0.15, -0.1) is 11.3 Å². The Labute approximate surface area is 181 Å². The zero-order valence-electron chi connectivity index (χ0n) is 18.2. The first-order valence-electron chi connectivity index (χ1n) is 10.3. The molecule has 6 nitrogen and oxygen atoms in total. The van der Waals surface area contributed by atoms with Crippen LogP contribution in [0.25, 0.3) is 10.2 Å². The van der Waals surface area contributed by atoms with Crippen LogP contribution in [0.2, 0.25) is 0 Å². The molecule has 1 atom stereocenters. The molecule has 0 spiro atoms. The Bertz CT molecular complexity index is 1080. The van der Waals surface area contributed by atoms with E-state index in [9.17, 15) is 4.79 Å². The largest absolute Gasteiger partial charge is 0.469 e. The van der Waals surface area contributed by atoms with Crippen LogP contribution in [0.3, 0.4) is 0 Å². The van der Waals surface area contributed by atoms with Gasteiger partial charge in [0.1, 0.15) is 22.9 Å². The first kappa shape index (κ1) is 20.6. The maximum Gasteiger partial charge on any atom is 0.313 e. The van der Waals surface area contributed by atoms with E-state index in [1.54, 1.807) is 11.3 Å². The van der Waals surface area contributed by atoms with Gasteiger partial charge >= 0.3 is 5.97 Å². The first-order chi connectivity index (χ1) is 14.4. The fourth-order valence-electron chi connectivity index (χ4n) is 4.05. The van der Waals surface area contributed by atoms with Gasteiger partial charge in [0.2, 0.25) is 0 Å². The summed E-state index contributed by atoms with van der Waals surface area (Å²) < 4.78 is 4.83. The molecular formula is C23H28N4O2S. The number of benzene rings is 1. The highest BCUT2D eigenvalue weighted by Gasteiger charge is 2.28. The highest BCUT2D eigenvalue weighted by molar-refractivity contribution is 7.18. The highest BCUT2D eigenvalue weighted by atomic mass is 32.1. The lowest BCUT2D eigenvalue weighted by Gasteiger charge is -2.42. The molecule has 30 heavy (non-hydrogen) atoms. The van der Waals surface area contributed by atoms with Crippen molar-refractivity contribution in [3.8, 4) is 0 Å². The molecule has 158 valence electrons. The third kappa shape index (κ3) is 3.86. The average molecular weight is 425 g/mol. The first-order valence-corrected chi connectivity index (χ1v) is 11.1. The fourth-order valence-corrected chi connectivity index (χ4v) is 5.09. The van der Waals surface area contributed by atoms with E-state index in [0.717, 1.165) is 35.7 Å². The second-order valence-electron chi connectivity index (χ2n) is 8.00. The number of anilines is 2. The van der Waals surface area contributed by atoms with Crippen LogP contribution >= 0.6 is 11.3 Å². The number of thiophene rings is 1. The number of methoxy groups -OCH3 is 1. The van der Waals surface area contributed by atoms with Crippen molar-refractivity contribution in [2.45, 2.75) is 40.2 Å². The number of piperazine rings is 1. The van der Waals surface area contributed by atoms with E-state index in [4.69, 9.17) is 9.72 Å². The molecule has 0 saturated carbocycles. The van der Waals surface area contributed by atoms with Gasteiger partial charge in [-0.2, -0.15) is 0 Å². The van der Waals surface area contributed by atoms with E-state index in [1.807, 2.05) is 0 Å². The lowest BCUT2D eigenvalue weighted by atomic mass is 10.1. The normalized spacial score (nSPS) is 16.9. The van der Waals surface area contributed by atoms with Crippen molar-refractivity contribution in [2.75, 3.05) is 36.5 Å². The molecule has 1 aliphatic rings. The Morgan fingerprint density at radius 1 is 1.17 bits per heavy atom. The predicted octanol–water partition coefficient (Wildman–Crippen LogP) is 4.05. The quantitative estimate of drug-likeness (QED) is 0.589. The Balaban J connectivity index is 1.67. The monoisotopic (exact) mass is 424 g/mol. The van der Waals surface area contributed by atoms with Crippen molar-refractivity contribution >= 4 is 39.0 Å². The summed E-state index contributed by atoms with van der Waals surface area (Å²) in [6, 6.07) is 9.07. The minimum absolute atomic E-state index is 0.0916. The summed E-state index contributed by atoms with van der Waals surface area (Å²) in [5.74, 6) is 1.15. The number of fused-ring (bicyclic) bond motifs is 1. The van der Waals surface area contributed by atoms with E-state index in [1.165, 1.54) is 28.8 Å². The molecule has 3 aromatic rings. The second kappa shape index (κ2) is 8.22. The molecule has 0 bridgehead atoms. The van der Waals surface area contributed by atoms with Crippen LogP contribution in [0.5, 0.6) is 0 Å². The smallest absolute Gasteiger partial charge is 0.313 e. The third-order valence-corrected chi connectivity index (χ3v) is 6.98. The van der Waals surface area contributed by atoms with Gasteiger partial charge in [0, 0.05) is 36.2 Å². The number of carbonyl (C=O) groups excluding carboxylic acids is 1. The summed E-state index contributed by atoms with van der Waals surface area (Å²) in [4.78, 5) is 28.3. The number of aromatic nitrogens is 2. The van der Waals surface area contributed by atoms with Crippen molar-refractivity contribution < 1.29 is 9.53 Å². The fraction of sp³-hybridized carbons (Fsp3) is 0.435. The van der Waals surface area contributed by atoms with Crippen molar-refractivity contribution in [2.24, 2.45) is 0 Å². The Morgan fingerprint density at radius 2 is 1.90 bits per heavy atom. The lowest BCUT2D eigenvalue weighted by molar-refractivity contribution is -0.139. The zero-order valence-corrected chi connectivity index (χ0v) is 19.0. The van der Waals surface area contributed by atoms with Crippen LogP contribution in [0.1, 0.15) is 28.8 Å². The van der Waals surface area contributed by atoms with Crippen LogP contribution in [-0.4, -0.2) is 48.7 Å². The summed E-state index contributed by atoms with van der Waals surface area (Å²) in [6.45, 7) is 11.3. The second-order valence-corrected chi connectivity index (χ2v) is 9.21. The molecule has 1 fully saturated rings. The van der Waals surface area contributed by atoms with E-state index in [0.29, 0.717) is 11.9 Å². The predicted molar refractivity (Wildman–Crippen MR) is 123 cm³/mol. The topological polar surface area (TPSA) is 58.6 Å². The van der Waals surface area contributed by atoms with Crippen LogP contribution in [0.4, 0.5) is 11.5 Å². The minimum Gasteiger partial charge on any atom is -0.469 e. The van der Waals surface area contributed by atoms with E-state index in [2.05, 4.69) is 66.7 Å². The molecule has 1 saturated heterocycles. The molecule has 1 unspecified atom stereocenters. The Kier molecular flexibility index (Phi) is 5.64. The van der Waals surface area contributed by atoms with E-state index in [-0.39, 0.29) is 12.4 Å². The average Bonchev–Trinajstić information content (AvgIpc) is 3.01. The van der Waals surface area contributed by atoms with Crippen LogP contribution in [0.15, 0.2) is 24.3 Å². The summed E-state index contributed by atoms with van der Waals surface area (Å²) in [6.07, 6.45) is 0.0916.